The molecule has 0 fully saturated rings. The molecule has 23 heavy (non-hydrogen) atoms. The van der Waals surface area contributed by atoms with Gasteiger partial charge < -0.3 is 9.30 Å². The molecule has 1 aromatic heterocycles. The molecule has 0 N–H and O–H groups in total. The molecule has 1 atom stereocenters. The summed E-state index contributed by atoms with van der Waals surface area (Å²) < 4.78 is 7.40. The molecule has 1 heterocycles. The number of rotatable bonds is 7. The lowest BCUT2D eigenvalue weighted by atomic mass is 10.2. The molecule has 2 rings (SSSR count). The van der Waals surface area contributed by atoms with Gasteiger partial charge in [0, 0.05) is 29.0 Å². The topological polar surface area (TPSA) is 31.2 Å². The van der Waals surface area contributed by atoms with Gasteiger partial charge in [-0.25, -0.2) is 0 Å². The van der Waals surface area contributed by atoms with Crippen LogP contribution in [0.3, 0.4) is 0 Å². The number of carbonyl (C=O) groups is 1. The lowest BCUT2D eigenvalue weighted by Gasteiger charge is -2.17. The first-order chi connectivity index (χ1) is 11.0. The molecule has 1 unspecified atom stereocenters. The van der Waals surface area contributed by atoms with Gasteiger partial charge in [-0.15, -0.1) is 11.8 Å². The summed E-state index contributed by atoms with van der Waals surface area (Å²) in [5.74, 6) is 0.506. The second-order valence-electron chi connectivity index (χ2n) is 5.60. The van der Waals surface area contributed by atoms with Crippen molar-refractivity contribution in [2.75, 3.05) is 19.5 Å². The fourth-order valence-corrected chi connectivity index (χ4v) is 3.96. The minimum absolute atomic E-state index is 0.124. The minimum atomic E-state index is 0.124. The van der Waals surface area contributed by atoms with Gasteiger partial charge in [0.1, 0.15) is 0 Å². The summed E-state index contributed by atoms with van der Waals surface area (Å²) in [5, 5.41) is 0.685. The summed E-state index contributed by atoms with van der Waals surface area (Å²) in [6, 6.07) is 9.77. The third-order valence-electron chi connectivity index (χ3n) is 3.83. The van der Waals surface area contributed by atoms with Crippen LogP contribution in [0.1, 0.15) is 34.7 Å². The van der Waals surface area contributed by atoms with Gasteiger partial charge in [-0.1, -0.05) is 23.7 Å². The zero-order valence-electron chi connectivity index (χ0n) is 13.9. The van der Waals surface area contributed by atoms with Crippen LogP contribution in [-0.4, -0.2) is 29.8 Å². The molecule has 0 radical (unpaired) electrons. The second kappa shape index (κ2) is 8.04. The van der Waals surface area contributed by atoms with E-state index in [-0.39, 0.29) is 11.8 Å². The predicted octanol–water partition coefficient (Wildman–Crippen LogP) is 4.94. The Bertz CT molecular complexity index is 696. The summed E-state index contributed by atoms with van der Waals surface area (Å²) in [5.41, 5.74) is 2.86. The zero-order chi connectivity index (χ0) is 17.0. The van der Waals surface area contributed by atoms with Crippen LogP contribution in [0, 0.1) is 13.8 Å². The normalized spacial score (nSPS) is 12.4. The van der Waals surface area contributed by atoms with Gasteiger partial charge in [-0.3, -0.25) is 4.79 Å². The monoisotopic (exact) mass is 351 g/mol. The first-order valence-electron chi connectivity index (χ1n) is 7.53. The van der Waals surface area contributed by atoms with E-state index in [0.717, 1.165) is 21.8 Å². The van der Waals surface area contributed by atoms with Crippen molar-refractivity contribution in [2.24, 2.45) is 0 Å². The number of Topliss-reactive ketones (excluding diaryl/α,β-unsaturated/α-hetero) is 1. The number of methoxy groups -OCH3 is 1. The molecule has 1 aromatic carbocycles. The van der Waals surface area contributed by atoms with E-state index >= 15 is 0 Å². The number of benzene rings is 1. The summed E-state index contributed by atoms with van der Waals surface area (Å²) in [6.45, 7) is 6.73. The van der Waals surface area contributed by atoms with Gasteiger partial charge in [-0.2, -0.15) is 0 Å². The maximum Gasteiger partial charge on any atom is 0.174 e. The zero-order valence-corrected chi connectivity index (χ0v) is 15.5. The number of ketones is 1. The van der Waals surface area contributed by atoms with E-state index in [1.165, 1.54) is 11.8 Å². The summed E-state index contributed by atoms with van der Waals surface area (Å²) in [7, 11) is 1.69. The Balaban J connectivity index is 2.14. The molecule has 0 aliphatic heterocycles. The number of thioether (sulfide) groups is 1. The second-order valence-corrected chi connectivity index (χ2v) is 7.03. The molecule has 0 saturated carbocycles. The van der Waals surface area contributed by atoms with Crippen molar-refractivity contribution in [3.63, 3.8) is 0 Å². The van der Waals surface area contributed by atoms with Gasteiger partial charge >= 0.3 is 0 Å². The molecular formula is C18H22ClNO2S. The number of nitrogens with zero attached hydrogens (tertiary/aromatic N) is 1. The van der Waals surface area contributed by atoms with Crippen LogP contribution in [0.2, 0.25) is 5.02 Å². The van der Waals surface area contributed by atoms with E-state index in [1.807, 2.05) is 44.2 Å². The van der Waals surface area contributed by atoms with Crippen LogP contribution in [0.15, 0.2) is 35.2 Å². The molecule has 3 nitrogen and oxygen atoms in total. The number of ether oxygens (including phenoxy) is 1. The van der Waals surface area contributed by atoms with E-state index in [1.54, 1.807) is 7.11 Å². The summed E-state index contributed by atoms with van der Waals surface area (Å²) in [6.07, 6.45) is 0. The smallest absolute Gasteiger partial charge is 0.174 e. The van der Waals surface area contributed by atoms with E-state index < -0.39 is 0 Å². The van der Waals surface area contributed by atoms with Gasteiger partial charge in [0.25, 0.3) is 0 Å². The Hall–Kier alpha value is -1.23. The van der Waals surface area contributed by atoms with Crippen LogP contribution >= 0.6 is 23.4 Å². The van der Waals surface area contributed by atoms with Crippen molar-refractivity contribution in [3.8, 4) is 0 Å². The fraction of sp³-hybridized carbons (Fsp3) is 0.389. The molecule has 0 amide bonds. The lowest BCUT2D eigenvalue weighted by molar-refractivity contribution is 0.102. The lowest BCUT2D eigenvalue weighted by Crippen LogP contribution is -2.14. The maximum absolute atomic E-state index is 12.6. The molecule has 0 saturated heterocycles. The summed E-state index contributed by atoms with van der Waals surface area (Å²) >= 11 is 7.62. The van der Waals surface area contributed by atoms with Crippen LogP contribution in [0.4, 0.5) is 0 Å². The number of hydrogen-bond donors (Lipinski definition) is 0. The molecule has 0 aliphatic carbocycles. The molecular weight excluding hydrogens is 330 g/mol. The van der Waals surface area contributed by atoms with Gasteiger partial charge in [0.2, 0.25) is 0 Å². The third kappa shape index (κ3) is 4.19. The maximum atomic E-state index is 12.6. The average Bonchev–Trinajstić information content (AvgIpc) is 2.81. The van der Waals surface area contributed by atoms with Crippen LogP contribution in [0.5, 0.6) is 0 Å². The van der Waals surface area contributed by atoms with Gasteiger partial charge in [-0.05, 0) is 39.0 Å². The van der Waals surface area contributed by atoms with Crippen molar-refractivity contribution in [1.29, 1.82) is 0 Å². The highest BCUT2D eigenvalue weighted by Gasteiger charge is 2.19. The van der Waals surface area contributed by atoms with E-state index in [2.05, 4.69) is 11.5 Å². The van der Waals surface area contributed by atoms with Crippen LogP contribution in [0.25, 0.3) is 0 Å². The SMILES string of the molecule is COCC(C)n1c(C)cc(C(=O)CSc2ccccc2Cl)c1C. The number of aromatic nitrogens is 1. The highest BCUT2D eigenvalue weighted by molar-refractivity contribution is 8.00. The Morgan fingerprint density at radius 1 is 1.35 bits per heavy atom. The summed E-state index contributed by atoms with van der Waals surface area (Å²) in [4.78, 5) is 13.5. The standard InChI is InChI=1S/C18H22ClNO2S/c1-12-9-15(14(3)20(12)13(2)10-22-4)17(21)11-23-18-8-6-5-7-16(18)19/h5-9,13H,10-11H2,1-4H3. The minimum Gasteiger partial charge on any atom is -0.383 e. The first kappa shape index (κ1) is 18.1. The Morgan fingerprint density at radius 3 is 2.70 bits per heavy atom. The van der Waals surface area contributed by atoms with Crippen molar-refractivity contribution in [2.45, 2.75) is 31.7 Å². The van der Waals surface area contributed by atoms with Crippen molar-refractivity contribution < 1.29 is 9.53 Å². The van der Waals surface area contributed by atoms with Crippen molar-refractivity contribution in [3.05, 3.63) is 52.3 Å². The Kier molecular flexibility index (Phi) is 6.33. The average molecular weight is 352 g/mol. The number of carbonyl (C=O) groups excluding carboxylic acids is 1. The molecule has 0 spiro atoms. The Labute approximate surface area is 147 Å². The quantitative estimate of drug-likeness (QED) is 0.523. The molecule has 0 bridgehead atoms. The largest absolute Gasteiger partial charge is 0.383 e. The Morgan fingerprint density at radius 2 is 2.04 bits per heavy atom. The van der Waals surface area contributed by atoms with Crippen LogP contribution < -0.4 is 0 Å². The fourth-order valence-electron chi connectivity index (χ4n) is 2.84. The van der Waals surface area contributed by atoms with Crippen molar-refractivity contribution >= 4 is 29.1 Å². The number of halogens is 1. The van der Waals surface area contributed by atoms with E-state index in [4.69, 9.17) is 16.3 Å². The predicted molar refractivity (Wildman–Crippen MR) is 97.0 cm³/mol. The van der Waals surface area contributed by atoms with Crippen molar-refractivity contribution in [1.82, 2.24) is 4.57 Å². The highest BCUT2D eigenvalue weighted by Crippen LogP contribution is 2.28. The molecule has 124 valence electrons. The first-order valence-corrected chi connectivity index (χ1v) is 8.90. The molecule has 0 aliphatic rings. The molecule has 2 aromatic rings. The van der Waals surface area contributed by atoms with E-state index in [0.29, 0.717) is 17.4 Å². The van der Waals surface area contributed by atoms with Gasteiger partial charge in [0.15, 0.2) is 5.78 Å². The van der Waals surface area contributed by atoms with Gasteiger partial charge in [0.05, 0.1) is 23.4 Å². The van der Waals surface area contributed by atoms with Crippen LogP contribution in [-0.2, 0) is 4.74 Å². The number of aryl methyl sites for hydroxylation is 1. The third-order valence-corrected chi connectivity index (χ3v) is 5.34. The van der Waals surface area contributed by atoms with E-state index in [9.17, 15) is 4.79 Å². The number of hydrogen-bond acceptors (Lipinski definition) is 3. The molecule has 5 heteroatoms. The highest BCUT2D eigenvalue weighted by atomic mass is 35.5.